The lowest BCUT2D eigenvalue weighted by molar-refractivity contribution is -0.0228. The molecule has 1 aliphatic heterocycles. The summed E-state index contributed by atoms with van der Waals surface area (Å²) in [6.07, 6.45) is -0.0995. The number of hydrogen-bond donors (Lipinski definition) is 0. The van der Waals surface area contributed by atoms with Crippen molar-refractivity contribution >= 4 is 37.8 Å². The van der Waals surface area contributed by atoms with E-state index in [0.29, 0.717) is 31.0 Å². The van der Waals surface area contributed by atoms with Gasteiger partial charge in [0.2, 0.25) is 0 Å². The third kappa shape index (κ3) is 3.82. The zero-order valence-electron chi connectivity index (χ0n) is 13.2. The molecule has 1 heterocycles. The number of nitrogens with zero attached hydrogens (tertiary/aromatic N) is 1. The second-order valence-electron chi connectivity index (χ2n) is 5.51. The summed E-state index contributed by atoms with van der Waals surface area (Å²) in [6.45, 7) is 1.67. The third-order valence-electron chi connectivity index (χ3n) is 3.99. The molecular formula is C18H17Br2NO3. The minimum atomic E-state index is -0.0995. The summed E-state index contributed by atoms with van der Waals surface area (Å²) in [6, 6.07) is 13.4. The molecule has 0 spiro atoms. The van der Waals surface area contributed by atoms with Crippen LogP contribution >= 0.6 is 31.9 Å². The highest BCUT2D eigenvalue weighted by molar-refractivity contribution is 9.10. The molecule has 0 unspecified atom stereocenters. The number of benzene rings is 2. The molecule has 0 radical (unpaired) electrons. The first kappa shape index (κ1) is 17.5. The molecule has 2 aromatic carbocycles. The number of carbonyl (C=O) groups is 1. The van der Waals surface area contributed by atoms with Crippen LogP contribution in [0.15, 0.2) is 51.4 Å². The van der Waals surface area contributed by atoms with Crippen molar-refractivity contribution in [2.45, 2.75) is 6.10 Å². The Labute approximate surface area is 158 Å². The highest BCUT2D eigenvalue weighted by Crippen LogP contribution is 2.28. The Bertz CT molecular complexity index is 734. The van der Waals surface area contributed by atoms with E-state index >= 15 is 0 Å². The Morgan fingerprint density at radius 1 is 1.21 bits per heavy atom. The van der Waals surface area contributed by atoms with Crippen LogP contribution < -0.4 is 4.74 Å². The zero-order valence-corrected chi connectivity index (χ0v) is 16.3. The van der Waals surface area contributed by atoms with Crippen LogP contribution in [0.2, 0.25) is 0 Å². The molecule has 0 aliphatic carbocycles. The predicted octanol–water partition coefficient (Wildman–Crippen LogP) is 4.43. The molecule has 3 rings (SSSR count). The fourth-order valence-electron chi connectivity index (χ4n) is 2.69. The van der Waals surface area contributed by atoms with E-state index in [1.165, 1.54) is 0 Å². The summed E-state index contributed by atoms with van der Waals surface area (Å²) in [5.41, 5.74) is 1.71. The molecule has 0 N–H and O–H groups in total. The summed E-state index contributed by atoms with van der Waals surface area (Å²) < 4.78 is 12.9. The van der Waals surface area contributed by atoms with Gasteiger partial charge in [0.05, 0.1) is 24.7 Å². The lowest BCUT2D eigenvalue weighted by Gasteiger charge is -2.33. The maximum absolute atomic E-state index is 12.8. The molecule has 24 heavy (non-hydrogen) atoms. The molecule has 0 bridgehead atoms. The maximum Gasteiger partial charge on any atom is 0.254 e. The average molecular weight is 455 g/mol. The quantitative estimate of drug-likeness (QED) is 0.688. The van der Waals surface area contributed by atoms with Crippen LogP contribution in [0.25, 0.3) is 0 Å². The first-order valence-corrected chi connectivity index (χ1v) is 9.17. The van der Waals surface area contributed by atoms with Gasteiger partial charge >= 0.3 is 0 Å². The van der Waals surface area contributed by atoms with Crippen LogP contribution in [0.3, 0.4) is 0 Å². The summed E-state index contributed by atoms with van der Waals surface area (Å²) in [7, 11) is 1.60. The summed E-state index contributed by atoms with van der Waals surface area (Å²) >= 11 is 6.86. The molecule has 1 fully saturated rings. The van der Waals surface area contributed by atoms with Gasteiger partial charge in [-0.05, 0) is 51.8 Å². The number of amides is 1. The van der Waals surface area contributed by atoms with E-state index in [1.54, 1.807) is 25.3 Å². The van der Waals surface area contributed by atoms with Crippen molar-refractivity contribution in [1.82, 2.24) is 4.90 Å². The van der Waals surface area contributed by atoms with Gasteiger partial charge in [0.25, 0.3) is 5.91 Å². The fraction of sp³-hybridized carbons (Fsp3) is 0.278. The second kappa shape index (κ2) is 7.68. The highest BCUT2D eigenvalue weighted by Gasteiger charge is 2.26. The van der Waals surface area contributed by atoms with Crippen LogP contribution in [0.1, 0.15) is 22.0 Å². The molecule has 0 aromatic heterocycles. The van der Waals surface area contributed by atoms with Crippen molar-refractivity contribution < 1.29 is 14.3 Å². The number of carbonyl (C=O) groups excluding carboxylic acids is 1. The number of methoxy groups -OCH3 is 1. The minimum Gasteiger partial charge on any atom is -0.496 e. The number of halogens is 2. The van der Waals surface area contributed by atoms with E-state index in [4.69, 9.17) is 9.47 Å². The first-order valence-electron chi connectivity index (χ1n) is 7.58. The number of morpholine rings is 1. The van der Waals surface area contributed by atoms with Crippen molar-refractivity contribution in [3.8, 4) is 5.75 Å². The van der Waals surface area contributed by atoms with E-state index in [2.05, 4.69) is 31.9 Å². The molecule has 6 heteroatoms. The lowest BCUT2D eigenvalue weighted by atomic mass is 10.1. The van der Waals surface area contributed by atoms with E-state index in [9.17, 15) is 4.79 Å². The van der Waals surface area contributed by atoms with Gasteiger partial charge in [-0.1, -0.05) is 28.1 Å². The molecule has 0 saturated carbocycles. The highest BCUT2D eigenvalue weighted by atomic mass is 79.9. The molecule has 1 saturated heterocycles. The lowest BCUT2D eigenvalue weighted by Crippen LogP contribution is -2.42. The van der Waals surface area contributed by atoms with Gasteiger partial charge < -0.3 is 14.4 Å². The van der Waals surface area contributed by atoms with Gasteiger partial charge in [0.15, 0.2) is 0 Å². The van der Waals surface area contributed by atoms with Gasteiger partial charge in [0.1, 0.15) is 11.9 Å². The number of hydrogen-bond acceptors (Lipinski definition) is 3. The normalized spacial score (nSPS) is 17.6. The van der Waals surface area contributed by atoms with Crippen molar-refractivity contribution in [3.63, 3.8) is 0 Å². The molecule has 4 nitrogen and oxygen atoms in total. The monoisotopic (exact) mass is 453 g/mol. The summed E-state index contributed by atoms with van der Waals surface area (Å²) in [4.78, 5) is 14.6. The Kier molecular flexibility index (Phi) is 5.58. The van der Waals surface area contributed by atoms with Crippen LogP contribution in [0.5, 0.6) is 5.75 Å². The SMILES string of the molecule is COc1ccc(C(=O)N2CCO[C@@H](c3ccc(Br)cc3)C2)cc1Br. The molecule has 1 atom stereocenters. The third-order valence-corrected chi connectivity index (χ3v) is 5.14. The van der Waals surface area contributed by atoms with Gasteiger partial charge in [-0.25, -0.2) is 0 Å². The van der Waals surface area contributed by atoms with Gasteiger partial charge in [-0.15, -0.1) is 0 Å². The Morgan fingerprint density at radius 2 is 1.96 bits per heavy atom. The standard InChI is InChI=1S/C18H17Br2NO3/c1-23-16-7-4-13(10-15(16)20)18(22)21-8-9-24-17(11-21)12-2-5-14(19)6-3-12/h2-7,10,17H,8-9,11H2,1H3/t17-/m1/s1. The number of rotatable bonds is 3. The molecule has 1 aliphatic rings. The van der Waals surface area contributed by atoms with E-state index in [1.807, 2.05) is 29.2 Å². The molecular weight excluding hydrogens is 438 g/mol. The van der Waals surface area contributed by atoms with Gasteiger partial charge in [-0.2, -0.15) is 0 Å². The van der Waals surface area contributed by atoms with Gasteiger partial charge in [-0.3, -0.25) is 4.79 Å². The van der Waals surface area contributed by atoms with Crippen LogP contribution in [-0.2, 0) is 4.74 Å². The van der Waals surface area contributed by atoms with Crippen molar-refractivity contribution in [2.24, 2.45) is 0 Å². The topological polar surface area (TPSA) is 38.8 Å². The Morgan fingerprint density at radius 3 is 2.62 bits per heavy atom. The second-order valence-corrected chi connectivity index (χ2v) is 7.28. The number of ether oxygens (including phenoxy) is 2. The van der Waals surface area contributed by atoms with E-state index < -0.39 is 0 Å². The van der Waals surface area contributed by atoms with E-state index in [0.717, 1.165) is 14.5 Å². The van der Waals surface area contributed by atoms with Crippen LogP contribution in [0, 0.1) is 0 Å². The Balaban J connectivity index is 1.75. The average Bonchev–Trinajstić information content (AvgIpc) is 2.61. The maximum atomic E-state index is 12.8. The molecule has 2 aromatic rings. The summed E-state index contributed by atoms with van der Waals surface area (Å²) in [5.74, 6) is 0.713. The van der Waals surface area contributed by atoms with Crippen molar-refractivity contribution in [1.29, 1.82) is 0 Å². The van der Waals surface area contributed by atoms with Crippen LogP contribution in [0.4, 0.5) is 0 Å². The minimum absolute atomic E-state index is 0.00349. The van der Waals surface area contributed by atoms with Gasteiger partial charge in [0, 0.05) is 16.6 Å². The summed E-state index contributed by atoms with van der Waals surface area (Å²) in [5, 5.41) is 0. The zero-order chi connectivity index (χ0) is 17.1. The Hall–Kier alpha value is -1.37. The predicted molar refractivity (Wildman–Crippen MR) is 99.4 cm³/mol. The van der Waals surface area contributed by atoms with Crippen molar-refractivity contribution in [2.75, 3.05) is 26.8 Å². The largest absolute Gasteiger partial charge is 0.496 e. The van der Waals surface area contributed by atoms with Crippen LogP contribution in [-0.4, -0.2) is 37.6 Å². The van der Waals surface area contributed by atoms with E-state index in [-0.39, 0.29) is 12.0 Å². The molecule has 1 amide bonds. The molecule has 126 valence electrons. The first-order chi connectivity index (χ1) is 11.6. The van der Waals surface area contributed by atoms with Crippen molar-refractivity contribution in [3.05, 3.63) is 62.5 Å². The fourth-order valence-corrected chi connectivity index (χ4v) is 3.50. The smallest absolute Gasteiger partial charge is 0.254 e.